The lowest BCUT2D eigenvalue weighted by Gasteiger charge is -2.42. The van der Waals surface area contributed by atoms with Gasteiger partial charge in [-0.15, -0.1) is 0 Å². The first-order valence-corrected chi connectivity index (χ1v) is 7.20. The third-order valence-corrected chi connectivity index (χ3v) is 3.81. The zero-order chi connectivity index (χ0) is 15.6. The summed E-state index contributed by atoms with van der Waals surface area (Å²) in [5.41, 5.74) is -1.07. The number of nitrogens with zero attached hydrogens (tertiary/aromatic N) is 3. The van der Waals surface area contributed by atoms with E-state index in [4.69, 9.17) is 4.74 Å². The Morgan fingerprint density at radius 2 is 2.27 bits per heavy atom. The van der Waals surface area contributed by atoms with Crippen molar-refractivity contribution in [2.75, 3.05) is 18.0 Å². The summed E-state index contributed by atoms with van der Waals surface area (Å²) >= 11 is 0. The molecule has 0 amide bonds. The molecule has 5 nitrogen and oxygen atoms in total. The van der Waals surface area contributed by atoms with Crippen LogP contribution < -0.4 is 9.64 Å². The van der Waals surface area contributed by atoms with E-state index < -0.39 is 11.7 Å². The van der Waals surface area contributed by atoms with Crippen LogP contribution >= 0.6 is 0 Å². The highest BCUT2D eigenvalue weighted by Gasteiger charge is 2.40. The van der Waals surface area contributed by atoms with Gasteiger partial charge in [0.1, 0.15) is 29.1 Å². The predicted octanol–water partition coefficient (Wildman–Crippen LogP) is 2.02. The summed E-state index contributed by atoms with van der Waals surface area (Å²) in [6, 6.07) is 5.97. The molecule has 0 saturated carbocycles. The van der Waals surface area contributed by atoms with Crippen LogP contribution in [-0.2, 0) is 0 Å². The maximum atomic E-state index is 13.2. The molecule has 3 rings (SSSR count). The molecule has 1 aromatic heterocycles. The lowest BCUT2D eigenvalue weighted by Crippen LogP contribution is -2.57. The van der Waals surface area contributed by atoms with Gasteiger partial charge >= 0.3 is 0 Å². The fraction of sp³-hybridized carbons (Fsp3) is 0.375. The minimum absolute atomic E-state index is 0.353. The largest absolute Gasteiger partial charge is 0.487 e. The monoisotopic (exact) mass is 303 g/mol. The molecule has 2 aromatic rings. The lowest BCUT2D eigenvalue weighted by molar-refractivity contribution is -0.0562. The Hall–Kier alpha value is -2.21. The summed E-state index contributed by atoms with van der Waals surface area (Å²) in [6.07, 6.45) is 5.12. The number of ether oxygens (including phenoxy) is 1. The summed E-state index contributed by atoms with van der Waals surface area (Å²) in [5.74, 6) is 0.805. The Balaban J connectivity index is 1.71. The van der Waals surface area contributed by atoms with E-state index in [0.717, 1.165) is 5.82 Å². The molecule has 0 radical (unpaired) electrons. The van der Waals surface area contributed by atoms with Crippen LogP contribution in [-0.4, -0.2) is 39.9 Å². The van der Waals surface area contributed by atoms with Crippen molar-refractivity contribution >= 4 is 5.82 Å². The molecular formula is C16H18FN3O2. The molecule has 1 fully saturated rings. The van der Waals surface area contributed by atoms with Crippen molar-refractivity contribution in [2.45, 2.75) is 25.0 Å². The molecule has 1 aliphatic rings. The van der Waals surface area contributed by atoms with E-state index in [1.165, 1.54) is 12.1 Å². The van der Waals surface area contributed by atoms with E-state index in [9.17, 15) is 9.50 Å². The van der Waals surface area contributed by atoms with Crippen molar-refractivity contribution in [1.82, 2.24) is 9.97 Å². The molecule has 1 N–H and O–H groups in total. The van der Waals surface area contributed by atoms with Crippen molar-refractivity contribution in [3.63, 3.8) is 0 Å². The second-order valence-electron chi connectivity index (χ2n) is 5.69. The Labute approximate surface area is 128 Å². The molecule has 1 saturated heterocycles. The normalized spacial score (nSPS) is 25.0. The van der Waals surface area contributed by atoms with Crippen molar-refractivity contribution in [1.29, 1.82) is 0 Å². The summed E-state index contributed by atoms with van der Waals surface area (Å²) in [6.45, 7) is 2.79. The summed E-state index contributed by atoms with van der Waals surface area (Å²) in [5, 5.41) is 10.7. The molecule has 6 heteroatoms. The first kappa shape index (κ1) is 14.7. The first-order valence-electron chi connectivity index (χ1n) is 7.20. The molecular weight excluding hydrogens is 285 g/mol. The molecule has 0 bridgehead atoms. The van der Waals surface area contributed by atoms with E-state index in [1.807, 2.05) is 4.90 Å². The average Bonchev–Trinajstić information content (AvgIpc) is 2.50. The van der Waals surface area contributed by atoms with E-state index in [2.05, 4.69) is 9.97 Å². The number of rotatable bonds is 3. The van der Waals surface area contributed by atoms with Crippen LogP contribution in [0.1, 0.15) is 13.3 Å². The predicted molar refractivity (Wildman–Crippen MR) is 80.3 cm³/mol. The Bertz CT molecular complexity index is 636. The minimum atomic E-state index is -1.07. The molecule has 116 valence electrons. The Morgan fingerprint density at radius 1 is 1.41 bits per heavy atom. The molecule has 2 heterocycles. The summed E-state index contributed by atoms with van der Waals surface area (Å²) < 4.78 is 19.0. The number of hydrogen-bond donors (Lipinski definition) is 1. The SMILES string of the molecule is C[C@]1(O)CN(c2cnccn2)CC[C@@H]1Oc1cccc(F)c1. The number of hydrogen-bond acceptors (Lipinski definition) is 5. The molecule has 2 atom stereocenters. The molecule has 0 spiro atoms. The number of benzene rings is 1. The Morgan fingerprint density at radius 3 is 2.95 bits per heavy atom. The van der Waals surface area contributed by atoms with Crippen molar-refractivity contribution in [3.8, 4) is 5.75 Å². The van der Waals surface area contributed by atoms with Gasteiger partial charge < -0.3 is 14.7 Å². The van der Waals surface area contributed by atoms with Gasteiger partial charge in [-0.3, -0.25) is 4.98 Å². The van der Waals surface area contributed by atoms with Gasteiger partial charge in [-0.2, -0.15) is 0 Å². The average molecular weight is 303 g/mol. The van der Waals surface area contributed by atoms with Gasteiger partial charge in [-0.05, 0) is 19.1 Å². The number of β-amino-alcohol motifs (C(OH)–C–C–N with tert-alkyl or cyclic N) is 1. The molecule has 22 heavy (non-hydrogen) atoms. The van der Waals surface area contributed by atoms with Crippen LogP contribution in [0, 0.1) is 5.82 Å². The Kier molecular flexibility index (Phi) is 3.94. The highest BCUT2D eigenvalue weighted by molar-refractivity contribution is 5.37. The third kappa shape index (κ3) is 3.17. The van der Waals surface area contributed by atoms with E-state index in [1.54, 1.807) is 37.6 Å². The van der Waals surface area contributed by atoms with Gasteiger partial charge in [0.05, 0.1) is 12.7 Å². The van der Waals surface area contributed by atoms with Gasteiger partial charge in [0, 0.05) is 31.4 Å². The fourth-order valence-corrected chi connectivity index (χ4v) is 2.69. The highest BCUT2D eigenvalue weighted by atomic mass is 19.1. The van der Waals surface area contributed by atoms with Crippen LogP contribution in [0.4, 0.5) is 10.2 Å². The highest BCUT2D eigenvalue weighted by Crippen LogP contribution is 2.28. The first-order chi connectivity index (χ1) is 10.5. The van der Waals surface area contributed by atoms with Gasteiger partial charge in [-0.25, -0.2) is 9.37 Å². The number of halogens is 1. The molecule has 1 aromatic carbocycles. The maximum absolute atomic E-state index is 13.2. The smallest absolute Gasteiger partial charge is 0.147 e. The van der Waals surface area contributed by atoms with E-state index in [-0.39, 0.29) is 5.82 Å². The second-order valence-corrected chi connectivity index (χ2v) is 5.69. The summed E-state index contributed by atoms with van der Waals surface area (Å²) in [7, 11) is 0. The van der Waals surface area contributed by atoms with Crippen LogP contribution in [0.15, 0.2) is 42.9 Å². The van der Waals surface area contributed by atoms with Gasteiger partial charge in [-0.1, -0.05) is 6.07 Å². The van der Waals surface area contributed by atoms with Gasteiger partial charge in [0.25, 0.3) is 0 Å². The lowest BCUT2D eigenvalue weighted by atomic mass is 9.91. The third-order valence-electron chi connectivity index (χ3n) is 3.81. The van der Waals surface area contributed by atoms with Crippen molar-refractivity contribution in [3.05, 3.63) is 48.7 Å². The zero-order valence-corrected chi connectivity index (χ0v) is 12.3. The zero-order valence-electron chi connectivity index (χ0n) is 12.3. The number of aliphatic hydroxyl groups is 1. The minimum Gasteiger partial charge on any atom is -0.487 e. The number of aromatic nitrogens is 2. The quantitative estimate of drug-likeness (QED) is 0.940. The van der Waals surface area contributed by atoms with E-state index in [0.29, 0.717) is 25.3 Å². The summed E-state index contributed by atoms with van der Waals surface area (Å²) in [4.78, 5) is 10.3. The van der Waals surface area contributed by atoms with Crippen LogP contribution in [0.5, 0.6) is 5.75 Å². The van der Waals surface area contributed by atoms with Crippen LogP contribution in [0.2, 0.25) is 0 Å². The second kappa shape index (κ2) is 5.88. The van der Waals surface area contributed by atoms with Crippen molar-refractivity contribution < 1.29 is 14.2 Å². The standard InChI is InChI=1S/C16H18FN3O2/c1-16(21)11-20(15-10-18-6-7-19-15)8-5-14(16)22-13-4-2-3-12(17)9-13/h2-4,6-7,9-10,14,21H,5,8,11H2,1H3/t14-,16-/m0/s1. The number of anilines is 1. The van der Waals surface area contributed by atoms with Crippen LogP contribution in [0.25, 0.3) is 0 Å². The molecule has 0 unspecified atom stereocenters. The van der Waals surface area contributed by atoms with Crippen molar-refractivity contribution in [2.24, 2.45) is 0 Å². The molecule has 0 aliphatic carbocycles. The number of piperidine rings is 1. The van der Waals surface area contributed by atoms with E-state index >= 15 is 0 Å². The fourth-order valence-electron chi connectivity index (χ4n) is 2.69. The maximum Gasteiger partial charge on any atom is 0.147 e. The van der Waals surface area contributed by atoms with Crippen LogP contribution in [0.3, 0.4) is 0 Å². The topological polar surface area (TPSA) is 58.5 Å². The van der Waals surface area contributed by atoms with Gasteiger partial charge in [0.15, 0.2) is 0 Å². The van der Waals surface area contributed by atoms with Gasteiger partial charge in [0.2, 0.25) is 0 Å². The molecule has 1 aliphatic heterocycles.